The molecule has 5 heteroatoms. The first-order chi connectivity index (χ1) is 8.61. The van der Waals surface area contributed by atoms with Crippen LogP contribution in [0.1, 0.15) is 43.9 Å². The van der Waals surface area contributed by atoms with Crippen LogP contribution in [0.2, 0.25) is 0 Å². The summed E-state index contributed by atoms with van der Waals surface area (Å²) in [5.74, 6) is 1.76. The van der Waals surface area contributed by atoms with Crippen LogP contribution in [0, 0.1) is 18.8 Å². The van der Waals surface area contributed by atoms with Gasteiger partial charge in [-0.05, 0) is 39.2 Å². The van der Waals surface area contributed by atoms with Crippen molar-refractivity contribution in [2.45, 2.75) is 39.2 Å². The summed E-state index contributed by atoms with van der Waals surface area (Å²) in [7, 11) is 0. The summed E-state index contributed by atoms with van der Waals surface area (Å²) < 4.78 is 5.41. The lowest BCUT2D eigenvalue weighted by Gasteiger charge is -2.19. The Kier molecular flexibility index (Phi) is 4.01. The lowest BCUT2D eigenvalue weighted by Crippen LogP contribution is -2.36. The van der Waals surface area contributed by atoms with Crippen LogP contribution in [-0.4, -0.2) is 17.4 Å². The standard InChI is InChI=1S/C13H21N3O2/c1-8-7-15-13(18-8)9(2)16-12(17)11-5-3-4-10(11)6-14/h7,9-11H,3-6,14H2,1-2H3,(H,16,17). The molecule has 2 rings (SSSR count). The number of nitrogens with two attached hydrogens (primary N) is 1. The number of carbonyl (C=O) groups is 1. The molecule has 3 N–H and O–H groups in total. The molecule has 3 unspecified atom stereocenters. The largest absolute Gasteiger partial charge is 0.444 e. The Morgan fingerprint density at radius 2 is 2.44 bits per heavy atom. The van der Waals surface area contributed by atoms with Gasteiger partial charge in [0.1, 0.15) is 11.8 Å². The number of hydrogen-bond acceptors (Lipinski definition) is 4. The van der Waals surface area contributed by atoms with Gasteiger partial charge in [0.25, 0.3) is 0 Å². The summed E-state index contributed by atoms with van der Waals surface area (Å²) in [5.41, 5.74) is 5.70. The zero-order valence-electron chi connectivity index (χ0n) is 11.0. The smallest absolute Gasteiger partial charge is 0.224 e. The quantitative estimate of drug-likeness (QED) is 0.850. The fraction of sp³-hybridized carbons (Fsp3) is 0.692. The minimum absolute atomic E-state index is 0.0495. The van der Waals surface area contributed by atoms with E-state index in [1.165, 1.54) is 0 Å². The lowest BCUT2D eigenvalue weighted by molar-refractivity contribution is -0.126. The van der Waals surface area contributed by atoms with E-state index in [0.717, 1.165) is 25.0 Å². The number of nitrogens with one attached hydrogen (secondary N) is 1. The molecule has 1 fully saturated rings. The molecule has 100 valence electrons. The van der Waals surface area contributed by atoms with Crippen molar-refractivity contribution in [2.75, 3.05) is 6.54 Å². The topological polar surface area (TPSA) is 81.2 Å². The molecule has 1 saturated carbocycles. The monoisotopic (exact) mass is 251 g/mol. The van der Waals surface area contributed by atoms with E-state index >= 15 is 0 Å². The van der Waals surface area contributed by atoms with Crippen LogP contribution < -0.4 is 11.1 Å². The summed E-state index contributed by atoms with van der Waals surface area (Å²) in [4.78, 5) is 16.3. The van der Waals surface area contributed by atoms with Crippen LogP contribution in [0.5, 0.6) is 0 Å². The fourth-order valence-corrected chi connectivity index (χ4v) is 2.62. The summed E-state index contributed by atoms with van der Waals surface area (Å²) in [6.45, 7) is 4.31. The number of rotatable bonds is 4. The Balaban J connectivity index is 1.94. The molecular formula is C13H21N3O2. The highest BCUT2D eigenvalue weighted by Gasteiger charge is 2.32. The molecule has 1 aliphatic rings. The van der Waals surface area contributed by atoms with Gasteiger partial charge in [0.2, 0.25) is 11.8 Å². The highest BCUT2D eigenvalue weighted by atomic mass is 16.4. The third kappa shape index (κ3) is 2.72. The molecule has 5 nitrogen and oxygen atoms in total. The Hall–Kier alpha value is -1.36. The predicted octanol–water partition coefficient (Wildman–Crippen LogP) is 1.54. The van der Waals surface area contributed by atoms with Gasteiger partial charge >= 0.3 is 0 Å². The molecule has 0 bridgehead atoms. The van der Waals surface area contributed by atoms with Crippen LogP contribution in [-0.2, 0) is 4.79 Å². The summed E-state index contributed by atoms with van der Waals surface area (Å²) >= 11 is 0. The van der Waals surface area contributed by atoms with Crippen LogP contribution in [0.25, 0.3) is 0 Å². The number of amides is 1. The summed E-state index contributed by atoms with van der Waals surface area (Å²) in [6, 6.07) is -0.190. The minimum Gasteiger partial charge on any atom is -0.444 e. The fourth-order valence-electron chi connectivity index (χ4n) is 2.62. The SMILES string of the molecule is Cc1cnc(C(C)NC(=O)C2CCCC2CN)o1. The van der Waals surface area contributed by atoms with Crippen LogP contribution in [0.15, 0.2) is 10.6 Å². The van der Waals surface area contributed by atoms with Gasteiger partial charge in [0.15, 0.2) is 0 Å². The van der Waals surface area contributed by atoms with Gasteiger partial charge in [0.05, 0.1) is 6.20 Å². The van der Waals surface area contributed by atoms with Gasteiger partial charge in [-0.15, -0.1) is 0 Å². The number of aryl methyl sites for hydroxylation is 1. The number of carbonyl (C=O) groups excluding carboxylic acids is 1. The third-order valence-electron chi connectivity index (χ3n) is 3.67. The minimum atomic E-state index is -0.190. The molecule has 3 atom stereocenters. The van der Waals surface area contributed by atoms with Gasteiger partial charge in [-0.25, -0.2) is 4.98 Å². The van der Waals surface area contributed by atoms with E-state index in [4.69, 9.17) is 10.2 Å². The van der Waals surface area contributed by atoms with E-state index in [-0.39, 0.29) is 17.9 Å². The Bertz CT molecular complexity index is 416. The first kappa shape index (κ1) is 13.1. The maximum atomic E-state index is 12.2. The average molecular weight is 251 g/mol. The van der Waals surface area contributed by atoms with E-state index in [2.05, 4.69) is 10.3 Å². The number of oxazole rings is 1. The molecule has 0 radical (unpaired) electrons. The number of hydrogen-bond donors (Lipinski definition) is 2. The molecule has 18 heavy (non-hydrogen) atoms. The van der Waals surface area contributed by atoms with Gasteiger partial charge < -0.3 is 15.5 Å². The molecule has 0 aromatic carbocycles. The van der Waals surface area contributed by atoms with Crippen molar-refractivity contribution in [1.82, 2.24) is 10.3 Å². The molecule has 1 aromatic heterocycles. The van der Waals surface area contributed by atoms with Crippen molar-refractivity contribution in [3.05, 3.63) is 17.8 Å². The average Bonchev–Trinajstić information content (AvgIpc) is 2.96. The van der Waals surface area contributed by atoms with Gasteiger partial charge in [-0.1, -0.05) is 6.42 Å². The maximum Gasteiger partial charge on any atom is 0.224 e. The van der Waals surface area contributed by atoms with Gasteiger partial charge in [0, 0.05) is 5.92 Å². The maximum absolute atomic E-state index is 12.2. The number of nitrogens with zero attached hydrogens (tertiary/aromatic N) is 1. The zero-order chi connectivity index (χ0) is 13.1. The first-order valence-electron chi connectivity index (χ1n) is 6.54. The van der Waals surface area contributed by atoms with Crippen LogP contribution in [0.4, 0.5) is 0 Å². The van der Waals surface area contributed by atoms with E-state index in [9.17, 15) is 4.79 Å². The van der Waals surface area contributed by atoms with E-state index in [1.54, 1.807) is 6.20 Å². The molecule has 0 saturated heterocycles. The van der Waals surface area contributed by atoms with E-state index in [1.807, 2.05) is 13.8 Å². The van der Waals surface area contributed by atoms with Crippen molar-refractivity contribution in [2.24, 2.45) is 17.6 Å². The molecule has 1 amide bonds. The van der Waals surface area contributed by atoms with Gasteiger partial charge in [-0.2, -0.15) is 0 Å². The highest BCUT2D eigenvalue weighted by Crippen LogP contribution is 2.31. The zero-order valence-corrected chi connectivity index (χ0v) is 11.0. The third-order valence-corrected chi connectivity index (χ3v) is 3.67. The van der Waals surface area contributed by atoms with E-state index in [0.29, 0.717) is 18.4 Å². The molecular weight excluding hydrogens is 230 g/mol. The second-order valence-corrected chi connectivity index (χ2v) is 5.07. The van der Waals surface area contributed by atoms with Crippen LogP contribution >= 0.6 is 0 Å². The van der Waals surface area contributed by atoms with Gasteiger partial charge in [-0.3, -0.25) is 4.79 Å². The molecule has 1 aromatic rings. The molecule has 1 aliphatic carbocycles. The highest BCUT2D eigenvalue weighted by molar-refractivity contribution is 5.79. The second-order valence-electron chi connectivity index (χ2n) is 5.07. The summed E-state index contributed by atoms with van der Waals surface area (Å²) in [5, 5.41) is 2.96. The van der Waals surface area contributed by atoms with Crippen molar-refractivity contribution in [3.8, 4) is 0 Å². The normalized spacial score (nSPS) is 25.1. The summed E-state index contributed by atoms with van der Waals surface area (Å²) in [6.07, 6.45) is 4.74. The molecule has 0 aliphatic heterocycles. The Morgan fingerprint density at radius 3 is 3.06 bits per heavy atom. The van der Waals surface area contributed by atoms with Crippen molar-refractivity contribution in [1.29, 1.82) is 0 Å². The van der Waals surface area contributed by atoms with E-state index < -0.39 is 0 Å². The van der Waals surface area contributed by atoms with Crippen molar-refractivity contribution < 1.29 is 9.21 Å². The second kappa shape index (κ2) is 5.52. The lowest BCUT2D eigenvalue weighted by atomic mass is 9.95. The Labute approximate surface area is 107 Å². The Morgan fingerprint density at radius 1 is 1.67 bits per heavy atom. The number of aromatic nitrogens is 1. The predicted molar refractivity (Wildman–Crippen MR) is 67.7 cm³/mol. The van der Waals surface area contributed by atoms with Crippen LogP contribution in [0.3, 0.4) is 0 Å². The molecule has 1 heterocycles. The molecule has 0 spiro atoms. The van der Waals surface area contributed by atoms with Crippen molar-refractivity contribution >= 4 is 5.91 Å². The first-order valence-corrected chi connectivity index (χ1v) is 6.54. The van der Waals surface area contributed by atoms with Crippen molar-refractivity contribution in [3.63, 3.8) is 0 Å².